The molecule has 0 spiro atoms. The van der Waals surface area contributed by atoms with Crippen LogP contribution in [0.2, 0.25) is 0 Å². The summed E-state index contributed by atoms with van der Waals surface area (Å²) in [5.74, 6) is -11.8. The van der Waals surface area contributed by atoms with Gasteiger partial charge in [-0.15, -0.1) is 0 Å². The molecule has 4 fully saturated rings. The number of methoxy groups -OCH3 is 3. The number of unbranched alkanes of at least 4 members (excludes halogenated alkanes) is 28. The molecule has 0 unspecified atom stereocenters. The third-order valence-corrected chi connectivity index (χ3v) is 21.7. The molecule has 4 rings (SSSR count). The second-order valence-electron chi connectivity index (χ2n) is 30.6. The summed E-state index contributed by atoms with van der Waals surface area (Å²) >= 11 is 0. The van der Waals surface area contributed by atoms with Crippen LogP contribution in [0.4, 0.5) is 0 Å². The summed E-state index contributed by atoms with van der Waals surface area (Å²) in [5, 5.41) is 187. The molecule has 656 valence electrons. The molecule has 4 aliphatic rings. The number of hydrogen-bond donors (Lipinski definition) is 19. The van der Waals surface area contributed by atoms with Crippen LogP contribution in [0.5, 0.6) is 0 Å². The number of rotatable bonds is 59. The van der Waals surface area contributed by atoms with Gasteiger partial charge in [0.05, 0.1) is 83.7 Å². The Morgan fingerprint density at radius 3 is 1.40 bits per heavy atom. The fraction of sp³-hybridized carbons (Fsp3) is 0.935. The number of carbonyl (C=O) groups is 5. The van der Waals surface area contributed by atoms with Crippen molar-refractivity contribution < 1.29 is 158 Å². The smallest absolute Gasteiger partial charge is 0.366 e. The van der Waals surface area contributed by atoms with Gasteiger partial charge in [0.15, 0.2) is 12.6 Å². The van der Waals surface area contributed by atoms with Crippen LogP contribution in [-0.2, 0) is 76.1 Å². The first-order valence-corrected chi connectivity index (χ1v) is 41.1. The topological polar surface area (TPSA) is 547 Å². The van der Waals surface area contributed by atoms with Crippen molar-refractivity contribution >= 4 is 29.7 Å². The van der Waals surface area contributed by atoms with Gasteiger partial charge in [-0.1, -0.05) is 206 Å². The average Bonchev–Trinajstić information content (AvgIpc) is 0.762. The summed E-state index contributed by atoms with van der Waals surface area (Å²) in [4.78, 5) is 67.5. The highest BCUT2D eigenvalue weighted by Gasteiger charge is 2.62. The molecule has 35 nitrogen and oxygen atoms in total. The molecule has 35 heteroatoms. The monoisotopic (exact) mass is 1620 g/mol. The van der Waals surface area contributed by atoms with Crippen molar-refractivity contribution in [3.63, 3.8) is 0 Å². The Balaban J connectivity index is 1.47. The van der Waals surface area contributed by atoms with Gasteiger partial charge in [-0.25, -0.2) is 9.59 Å². The highest BCUT2D eigenvalue weighted by Crippen LogP contribution is 2.40. The van der Waals surface area contributed by atoms with Gasteiger partial charge in [0.25, 0.3) is 11.6 Å². The summed E-state index contributed by atoms with van der Waals surface area (Å²) in [6, 6.07) is -4.94. The van der Waals surface area contributed by atoms with E-state index in [1.54, 1.807) is 0 Å². The van der Waals surface area contributed by atoms with Gasteiger partial charge in [-0.2, -0.15) is 0 Å². The van der Waals surface area contributed by atoms with Crippen molar-refractivity contribution in [3.05, 3.63) is 0 Å². The number of carbonyl (C=O) groups excluding carboxylic acids is 5. The molecule has 112 heavy (non-hydrogen) atoms. The van der Waals surface area contributed by atoms with Gasteiger partial charge < -0.3 is 150 Å². The van der Waals surface area contributed by atoms with Crippen LogP contribution in [0.25, 0.3) is 0 Å². The summed E-state index contributed by atoms with van der Waals surface area (Å²) in [7, 11) is 2.77. The second kappa shape index (κ2) is 54.4. The Hall–Kier alpha value is -3.65. The van der Waals surface area contributed by atoms with Crippen LogP contribution in [0.3, 0.4) is 0 Å². The molecular weight excluding hydrogens is 1480 g/mol. The Labute approximate surface area is 659 Å². The van der Waals surface area contributed by atoms with Crippen LogP contribution in [0, 0.1) is 0 Å². The zero-order valence-electron chi connectivity index (χ0n) is 66.8. The molecule has 0 radical (unpaired) electrons. The van der Waals surface area contributed by atoms with Crippen LogP contribution >= 0.6 is 0 Å². The average molecular weight is 1620 g/mol. The van der Waals surface area contributed by atoms with E-state index in [1.165, 1.54) is 116 Å². The quantitative estimate of drug-likeness (QED) is 0.0278. The Morgan fingerprint density at radius 1 is 0.491 bits per heavy atom. The van der Waals surface area contributed by atoms with Crippen LogP contribution in [0.15, 0.2) is 0 Å². The van der Waals surface area contributed by atoms with Gasteiger partial charge in [0, 0.05) is 26.9 Å². The molecule has 0 aromatic rings. The van der Waals surface area contributed by atoms with Gasteiger partial charge in [0.2, 0.25) is 17.7 Å². The second-order valence-corrected chi connectivity index (χ2v) is 30.6. The van der Waals surface area contributed by atoms with Crippen LogP contribution < -0.4 is 16.0 Å². The first kappa shape index (κ1) is 101. The molecule has 0 aromatic carbocycles. The van der Waals surface area contributed by atoms with E-state index in [9.17, 15) is 106 Å². The number of ether oxygens (including phenoxy) is 11. The standard InChI is InChI=1S/C77H141N3O32/c1-7-9-11-13-15-17-19-20-21-22-23-24-25-26-28-30-32-34-36-38-50(87)71(99)79-48(60(92)49(86)37-35-33-31-29-27-18-16-14-12-10-8-2)45-105-72-65(97)64(96)67(56(44-84)108-72)109-73-66(98)70(63(95)55(43-83)107-73)112-77(75(101)104-6)40-52(89)59(68(111-77)61(93)53(90)41-81)80-57(91)46-106-76(74(100)103-5)39-51(88)58(78-47(3)85)69(110-76)62(94)54(42-82)102-4/h48-56,58-70,72-73,81-84,86-90,92-98H,7-46H2,1-6H3,(H,78,85)(H,79,99)(H,80,91)/t48-,49+,50+,51-,52-,53+,54+,55+,56+,58+,59+,60-,61+,62+,63-,64+,65+,66+,67+,68+,69+,70-,72+,73-,76+,77-/m0/s1. The van der Waals surface area contributed by atoms with Crippen LogP contribution in [0.1, 0.15) is 239 Å². The van der Waals surface area contributed by atoms with Crippen molar-refractivity contribution in [2.75, 3.05) is 61.0 Å². The van der Waals surface area contributed by atoms with Gasteiger partial charge in [-0.05, 0) is 12.8 Å². The van der Waals surface area contributed by atoms with E-state index in [1.807, 2.05) is 0 Å². The molecule has 19 N–H and O–H groups in total. The maximum Gasteiger partial charge on any atom is 0.366 e. The molecule has 26 atom stereocenters. The third-order valence-electron chi connectivity index (χ3n) is 21.7. The number of aliphatic hydroxyl groups excluding tert-OH is 16. The fourth-order valence-corrected chi connectivity index (χ4v) is 14.9. The normalized spacial score (nSPS) is 30.4. The van der Waals surface area contributed by atoms with Crippen molar-refractivity contribution in [2.45, 2.75) is 397 Å². The minimum atomic E-state index is -3.14. The van der Waals surface area contributed by atoms with E-state index < -0.39 is 240 Å². The van der Waals surface area contributed by atoms with E-state index in [-0.39, 0.29) is 12.8 Å². The maximum absolute atomic E-state index is 14.1. The lowest BCUT2D eigenvalue weighted by Gasteiger charge is -2.51. The van der Waals surface area contributed by atoms with E-state index >= 15 is 0 Å². The third kappa shape index (κ3) is 31.9. The zero-order valence-corrected chi connectivity index (χ0v) is 66.8. The lowest BCUT2D eigenvalue weighted by Crippen LogP contribution is -2.71. The van der Waals surface area contributed by atoms with E-state index in [0.717, 1.165) is 92.5 Å². The number of amides is 3. The molecule has 4 saturated heterocycles. The first-order chi connectivity index (χ1) is 53.6. The maximum atomic E-state index is 14.1. The molecule has 3 amide bonds. The summed E-state index contributed by atoms with van der Waals surface area (Å²) in [5.41, 5.74) is 0. The molecule has 0 aliphatic carbocycles. The number of aliphatic hydroxyl groups is 16. The minimum absolute atomic E-state index is 0.0982. The van der Waals surface area contributed by atoms with Crippen molar-refractivity contribution in [1.29, 1.82) is 0 Å². The van der Waals surface area contributed by atoms with Crippen molar-refractivity contribution in [1.82, 2.24) is 16.0 Å². The Kier molecular flexibility index (Phi) is 48.9. The molecule has 0 saturated carbocycles. The highest BCUT2D eigenvalue weighted by molar-refractivity contribution is 5.82. The van der Waals surface area contributed by atoms with Crippen molar-refractivity contribution in [3.8, 4) is 0 Å². The first-order valence-electron chi connectivity index (χ1n) is 41.1. The lowest BCUT2D eigenvalue weighted by atomic mass is 9.88. The van der Waals surface area contributed by atoms with E-state index in [4.69, 9.17) is 52.1 Å². The number of esters is 2. The van der Waals surface area contributed by atoms with Crippen LogP contribution in [-0.4, -0.2) is 331 Å². The van der Waals surface area contributed by atoms with E-state index in [2.05, 4.69) is 29.8 Å². The Morgan fingerprint density at radius 2 is 0.938 bits per heavy atom. The lowest BCUT2D eigenvalue weighted by molar-refractivity contribution is -0.386. The summed E-state index contributed by atoms with van der Waals surface area (Å²) in [6.07, 6.45) is -9.62. The number of hydrogen-bond acceptors (Lipinski definition) is 32. The minimum Gasteiger partial charge on any atom is -0.465 e. The zero-order chi connectivity index (χ0) is 82.9. The fourth-order valence-electron chi connectivity index (χ4n) is 14.9. The number of nitrogens with one attached hydrogen (secondary N) is 3. The summed E-state index contributed by atoms with van der Waals surface area (Å²) < 4.78 is 62.1. The molecule has 4 aliphatic heterocycles. The van der Waals surface area contributed by atoms with Gasteiger partial charge in [-0.3, -0.25) is 14.4 Å². The molecular formula is C77H141N3O32. The Bertz CT molecular complexity index is 2570. The van der Waals surface area contributed by atoms with Gasteiger partial charge in [0.1, 0.15) is 104 Å². The van der Waals surface area contributed by atoms with E-state index in [0.29, 0.717) is 12.8 Å². The summed E-state index contributed by atoms with van der Waals surface area (Å²) in [6.45, 7) is -0.737. The highest BCUT2D eigenvalue weighted by atomic mass is 16.8. The predicted octanol–water partition coefficient (Wildman–Crippen LogP) is -0.132. The SMILES string of the molecule is CCCCCCCCCCCCCCCCCCCCC[C@@H](O)C(=O)N[C@@H](CO[C@@H]1O[C@H](CO)[C@@H](O[C@@H]2O[C@H](CO)[C@H](O)[C@H](O[C@]3(C(=O)OC)C[C@H](O)[C@@H](NC(=O)CO[C@]4(C(=O)OC)C[C@H](O)[C@@H](NC(C)=O)[C@H]([C@H](O)[C@@H](CO)OC)O4)[C@H]([C@H](O)[C@H](O)CO)O3)[C@H]2O)[C@H](O)[C@H]1O)[C@H](O)[C@H](O)CCCCCCCCCCCCC. The largest absolute Gasteiger partial charge is 0.465 e. The molecule has 0 aromatic heterocycles. The predicted molar refractivity (Wildman–Crippen MR) is 399 cm³/mol. The molecule has 0 bridgehead atoms. The molecule has 4 heterocycles. The van der Waals surface area contributed by atoms with Crippen molar-refractivity contribution in [2.24, 2.45) is 0 Å². The van der Waals surface area contributed by atoms with Gasteiger partial charge >= 0.3 is 11.9 Å².